The summed E-state index contributed by atoms with van der Waals surface area (Å²) < 4.78 is 20.9. The molecular formula is C27H22FN3O2S. The van der Waals surface area contributed by atoms with Crippen LogP contribution in [-0.2, 0) is 11.3 Å². The molecule has 4 aromatic rings. The van der Waals surface area contributed by atoms with Crippen LogP contribution in [0, 0.1) is 5.82 Å². The van der Waals surface area contributed by atoms with Crippen LogP contribution in [0.3, 0.4) is 0 Å². The fourth-order valence-electron chi connectivity index (χ4n) is 3.83. The lowest BCUT2D eigenvalue weighted by Crippen LogP contribution is -2.19. The maximum Gasteiger partial charge on any atom is 0.264 e. The highest BCUT2D eigenvalue weighted by Gasteiger charge is 2.24. The molecule has 2 heterocycles. The van der Waals surface area contributed by atoms with E-state index in [4.69, 9.17) is 4.74 Å². The van der Waals surface area contributed by atoms with Crippen molar-refractivity contribution < 1.29 is 13.9 Å². The lowest BCUT2D eigenvalue weighted by Gasteiger charge is -2.05. The molecule has 0 aliphatic carbocycles. The van der Waals surface area contributed by atoms with E-state index < -0.39 is 0 Å². The number of hydrogen-bond acceptors (Lipinski definition) is 4. The summed E-state index contributed by atoms with van der Waals surface area (Å²) in [5.74, 6) is 0.357. The number of ether oxygens (including phenoxy) is 1. The molecular weight excluding hydrogens is 449 g/mol. The van der Waals surface area contributed by atoms with Crippen LogP contribution in [0.5, 0.6) is 5.75 Å². The van der Waals surface area contributed by atoms with Gasteiger partial charge in [-0.2, -0.15) is 0 Å². The van der Waals surface area contributed by atoms with Gasteiger partial charge in [0.25, 0.3) is 5.91 Å². The van der Waals surface area contributed by atoms with Gasteiger partial charge in [0.2, 0.25) is 0 Å². The Bertz CT molecular complexity index is 1410. The Morgan fingerprint density at radius 3 is 2.59 bits per heavy atom. The Kier molecular flexibility index (Phi) is 6.18. The SMILES string of the molecule is CCOc1ccc(N=C2NC(=O)/C(=C\c3cn(Cc4ccc(F)cc4)c4ccccc34)S2)cc1. The van der Waals surface area contributed by atoms with Crippen LogP contribution in [0.15, 0.2) is 88.9 Å². The van der Waals surface area contributed by atoms with E-state index in [0.29, 0.717) is 23.2 Å². The van der Waals surface area contributed by atoms with Crippen molar-refractivity contribution in [3.63, 3.8) is 0 Å². The molecule has 7 heteroatoms. The summed E-state index contributed by atoms with van der Waals surface area (Å²) in [6, 6.07) is 22.0. The Morgan fingerprint density at radius 1 is 1.06 bits per heavy atom. The van der Waals surface area contributed by atoms with Gasteiger partial charge in [-0.3, -0.25) is 4.79 Å². The predicted octanol–water partition coefficient (Wildman–Crippen LogP) is 6.12. The summed E-state index contributed by atoms with van der Waals surface area (Å²) in [7, 11) is 0. The van der Waals surface area contributed by atoms with Crippen LogP contribution in [0.2, 0.25) is 0 Å². The number of carbonyl (C=O) groups is 1. The quantitative estimate of drug-likeness (QED) is 0.345. The second kappa shape index (κ2) is 9.57. The molecule has 1 fully saturated rings. The van der Waals surface area contributed by atoms with Crippen LogP contribution in [0.1, 0.15) is 18.1 Å². The summed E-state index contributed by atoms with van der Waals surface area (Å²) in [4.78, 5) is 17.8. The van der Waals surface area contributed by atoms with Gasteiger partial charge < -0.3 is 14.6 Å². The molecule has 1 saturated heterocycles. The average Bonchev–Trinajstić information content (AvgIpc) is 3.36. The minimum Gasteiger partial charge on any atom is -0.494 e. The zero-order chi connectivity index (χ0) is 23.5. The molecule has 0 bridgehead atoms. The molecule has 0 saturated carbocycles. The maximum atomic E-state index is 13.3. The van der Waals surface area contributed by atoms with E-state index in [1.807, 2.05) is 67.7 Å². The summed E-state index contributed by atoms with van der Waals surface area (Å²) in [6.45, 7) is 3.15. The van der Waals surface area contributed by atoms with E-state index in [0.717, 1.165) is 33.5 Å². The number of nitrogens with zero attached hydrogens (tertiary/aromatic N) is 2. The highest BCUT2D eigenvalue weighted by Crippen LogP contribution is 2.31. The van der Waals surface area contributed by atoms with Crippen molar-refractivity contribution in [3.8, 4) is 5.75 Å². The van der Waals surface area contributed by atoms with E-state index in [1.165, 1.54) is 23.9 Å². The van der Waals surface area contributed by atoms with Gasteiger partial charge in [-0.1, -0.05) is 30.3 Å². The third-order valence-corrected chi connectivity index (χ3v) is 6.31. The summed E-state index contributed by atoms with van der Waals surface area (Å²) >= 11 is 1.31. The molecule has 1 amide bonds. The van der Waals surface area contributed by atoms with Crippen molar-refractivity contribution >= 4 is 45.5 Å². The minimum absolute atomic E-state index is 0.176. The van der Waals surface area contributed by atoms with Gasteiger partial charge >= 0.3 is 0 Å². The second-order valence-electron chi connectivity index (χ2n) is 7.76. The van der Waals surface area contributed by atoms with E-state index in [1.54, 1.807) is 12.1 Å². The number of nitrogens with one attached hydrogen (secondary N) is 1. The van der Waals surface area contributed by atoms with Gasteiger partial charge in [0.15, 0.2) is 5.17 Å². The lowest BCUT2D eigenvalue weighted by atomic mass is 10.1. The molecule has 34 heavy (non-hydrogen) atoms. The molecule has 1 N–H and O–H groups in total. The molecule has 170 valence electrons. The smallest absolute Gasteiger partial charge is 0.264 e. The van der Waals surface area contributed by atoms with Gasteiger partial charge in [0, 0.05) is 29.2 Å². The van der Waals surface area contributed by atoms with E-state index in [-0.39, 0.29) is 11.7 Å². The standard InChI is InChI=1S/C27H22FN3O2S/c1-2-33-22-13-11-21(12-14-22)29-27-30-26(32)25(34-27)15-19-17-31(24-6-4-3-5-23(19)24)16-18-7-9-20(28)10-8-18/h3-15,17H,2,16H2,1H3,(H,29,30,32)/b25-15+. The molecule has 1 aliphatic heterocycles. The number of benzene rings is 3. The Labute approximate surface area is 201 Å². The van der Waals surface area contributed by atoms with E-state index in [2.05, 4.69) is 14.9 Å². The van der Waals surface area contributed by atoms with Crippen molar-refractivity contribution in [1.82, 2.24) is 9.88 Å². The zero-order valence-electron chi connectivity index (χ0n) is 18.5. The maximum absolute atomic E-state index is 13.3. The number of para-hydroxylation sites is 1. The van der Waals surface area contributed by atoms with E-state index in [9.17, 15) is 9.18 Å². The van der Waals surface area contributed by atoms with Gasteiger partial charge in [-0.05, 0) is 72.8 Å². The van der Waals surface area contributed by atoms with E-state index >= 15 is 0 Å². The van der Waals surface area contributed by atoms with Crippen LogP contribution < -0.4 is 10.1 Å². The number of hydrogen-bond donors (Lipinski definition) is 1. The van der Waals surface area contributed by atoms with Crippen LogP contribution in [0.4, 0.5) is 10.1 Å². The first-order valence-electron chi connectivity index (χ1n) is 10.9. The highest BCUT2D eigenvalue weighted by atomic mass is 32.2. The monoisotopic (exact) mass is 471 g/mol. The number of amidine groups is 1. The molecule has 0 atom stereocenters. The average molecular weight is 472 g/mol. The topological polar surface area (TPSA) is 55.6 Å². The van der Waals surface area contributed by atoms with Crippen LogP contribution in [-0.4, -0.2) is 22.2 Å². The Balaban J connectivity index is 1.41. The van der Waals surface area contributed by atoms with Crippen molar-refractivity contribution in [2.45, 2.75) is 13.5 Å². The number of fused-ring (bicyclic) bond motifs is 1. The van der Waals surface area contributed by atoms with Crippen molar-refractivity contribution in [1.29, 1.82) is 0 Å². The molecule has 1 aliphatic rings. The molecule has 1 aromatic heterocycles. The third kappa shape index (κ3) is 4.75. The predicted molar refractivity (Wildman–Crippen MR) is 136 cm³/mol. The highest BCUT2D eigenvalue weighted by molar-refractivity contribution is 8.18. The van der Waals surface area contributed by atoms with Crippen molar-refractivity contribution in [3.05, 3.63) is 101 Å². The first kappa shape index (κ1) is 22.0. The molecule has 0 unspecified atom stereocenters. The lowest BCUT2D eigenvalue weighted by molar-refractivity contribution is -0.115. The summed E-state index contributed by atoms with van der Waals surface area (Å²) in [5.41, 5.74) is 3.73. The fraction of sp³-hybridized carbons (Fsp3) is 0.111. The minimum atomic E-state index is -0.251. The molecule has 5 rings (SSSR count). The molecule has 0 radical (unpaired) electrons. The number of aromatic nitrogens is 1. The number of carbonyl (C=O) groups excluding carboxylic acids is 1. The number of thioether (sulfide) groups is 1. The van der Waals surface area contributed by atoms with Gasteiger partial charge in [0.05, 0.1) is 17.2 Å². The molecule has 0 spiro atoms. The van der Waals surface area contributed by atoms with Crippen molar-refractivity contribution in [2.24, 2.45) is 4.99 Å². The second-order valence-corrected chi connectivity index (χ2v) is 8.80. The van der Waals surface area contributed by atoms with Gasteiger partial charge in [0.1, 0.15) is 11.6 Å². The number of halogens is 1. The third-order valence-electron chi connectivity index (χ3n) is 5.40. The largest absolute Gasteiger partial charge is 0.494 e. The van der Waals surface area contributed by atoms with Crippen molar-refractivity contribution in [2.75, 3.05) is 6.61 Å². The Hall–Kier alpha value is -3.84. The molecule has 5 nitrogen and oxygen atoms in total. The normalized spacial score (nSPS) is 15.9. The summed E-state index contributed by atoms with van der Waals surface area (Å²) in [6.07, 6.45) is 3.92. The molecule has 3 aromatic carbocycles. The number of amides is 1. The first-order chi connectivity index (χ1) is 16.6. The zero-order valence-corrected chi connectivity index (χ0v) is 19.3. The van der Waals surface area contributed by atoms with Crippen LogP contribution in [0.25, 0.3) is 17.0 Å². The van der Waals surface area contributed by atoms with Gasteiger partial charge in [-0.15, -0.1) is 0 Å². The number of aliphatic imine (C=N–C) groups is 1. The Morgan fingerprint density at radius 2 is 1.82 bits per heavy atom. The van der Waals surface area contributed by atoms with Crippen LogP contribution >= 0.6 is 11.8 Å². The number of rotatable bonds is 6. The summed E-state index contributed by atoms with van der Waals surface area (Å²) in [5, 5.41) is 4.43. The fourth-order valence-corrected chi connectivity index (χ4v) is 4.66. The first-order valence-corrected chi connectivity index (χ1v) is 11.8. The van der Waals surface area contributed by atoms with Gasteiger partial charge in [-0.25, -0.2) is 9.38 Å².